The molecule has 0 saturated carbocycles. The number of aryl methyl sites for hydroxylation is 1. The number of amides is 2. The zero-order valence-electron chi connectivity index (χ0n) is 18.3. The molecule has 1 N–H and O–H groups in total. The van der Waals surface area contributed by atoms with Crippen molar-refractivity contribution in [2.45, 2.75) is 6.92 Å². The molecule has 1 heterocycles. The minimum atomic E-state index is -0.473. The lowest BCUT2D eigenvalue weighted by molar-refractivity contribution is -0.385. The summed E-state index contributed by atoms with van der Waals surface area (Å²) in [6, 6.07) is 9.64. The first-order valence-corrected chi connectivity index (χ1v) is 10.1. The molecule has 0 aliphatic carbocycles. The van der Waals surface area contributed by atoms with Crippen molar-refractivity contribution in [2.24, 2.45) is 0 Å². The fraction of sp³-hybridized carbons (Fsp3) is 0.364. The molecule has 1 saturated heterocycles. The van der Waals surface area contributed by atoms with Crippen LogP contribution in [0.3, 0.4) is 0 Å². The zero-order valence-corrected chi connectivity index (χ0v) is 18.3. The van der Waals surface area contributed by atoms with Crippen molar-refractivity contribution in [2.75, 3.05) is 52.3 Å². The Bertz CT molecular complexity index is 995. The second-order valence-corrected chi connectivity index (χ2v) is 7.48. The molecule has 0 unspecified atom stereocenters. The summed E-state index contributed by atoms with van der Waals surface area (Å²) >= 11 is 0. The third-order valence-electron chi connectivity index (χ3n) is 5.31. The van der Waals surface area contributed by atoms with E-state index >= 15 is 0 Å². The zero-order chi connectivity index (χ0) is 23.3. The van der Waals surface area contributed by atoms with Crippen molar-refractivity contribution in [1.82, 2.24) is 9.80 Å². The first-order chi connectivity index (χ1) is 15.3. The topological polar surface area (TPSA) is 114 Å². The van der Waals surface area contributed by atoms with E-state index in [4.69, 9.17) is 9.47 Å². The van der Waals surface area contributed by atoms with Crippen molar-refractivity contribution >= 4 is 23.2 Å². The lowest BCUT2D eigenvalue weighted by atomic mass is 10.1. The van der Waals surface area contributed by atoms with Crippen molar-refractivity contribution in [3.63, 3.8) is 0 Å². The number of nitrogens with one attached hydrogen (secondary N) is 1. The highest BCUT2D eigenvalue weighted by Gasteiger charge is 2.24. The monoisotopic (exact) mass is 442 g/mol. The highest BCUT2D eigenvalue weighted by Crippen LogP contribution is 2.24. The van der Waals surface area contributed by atoms with Crippen LogP contribution in [0, 0.1) is 17.0 Å². The van der Waals surface area contributed by atoms with Gasteiger partial charge in [0.05, 0.1) is 25.7 Å². The van der Waals surface area contributed by atoms with Crippen LogP contribution in [0.25, 0.3) is 0 Å². The quantitative estimate of drug-likeness (QED) is 0.517. The van der Waals surface area contributed by atoms with Crippen molar-refractivity contribution in [3.8, 4) is 11.5 Å². The lowest BCUT2D eigenvalue weighted by Gasteiger charge is -2.34. The fourth-order valence-corrected chi connectivity index (χ4v) is 3.51. The van der Waals surface area contributed by atoms with E-state index in [9.17, 15) is 19.7 Å². The average molecular weight is 442 g/mol. The molecule has 170 valence electrons. The maximum Gasteiger partial charge on any atom is 0.274 e. The van der Waals surface area contributed by atoms with E-state index in [1.165, 1.54) is 20.3 Å². The summed E-state index contributed by atoms with van der Waals surface area (Å²) in [5.74, 6) is 0.692. The molecule has 1 fully saturated rings. The molecule has 10 heteroatoms. The summed E-state index contributed by atoms with van der Waals surface area (Å²) in [5, 5.41) is 13.8. The molecule has 2 amide bonds. The summed E-state index contributed by atoms with van der Waals surface area (Å²) in [5.41, 5.74) is 1.35. The Morgan fingerprint density at radius 1 is 1.03 bits per heavy atom. The largest absolute Gasteiger partial charge is 0.497 e. The van der Waals surface area contributed by atoms with Gasteiger partial charge in [0.1, 0.15) is 11.5 Å². The van der Waals surface area contributed by atoms with Crippen LogP contribution < -0.4 is 14.8 Å². The van der Waals surface area contributed by atoms with Gasteiger partial charge in [0, 0.05) is 55.1 Å². The minimum Gasteiger partial charge on any atom is -0.497 e. The van der Waals surface area contributed by atoms with Gasteiger partial charge in [0.2, 0.25) is 5.91 Å². The smallest absolute Gasteiger partial charge is 0.274 e. The lowest BCUT2D eigenvalue weighted by Crippen LogP contribution is -2.50. The fourth-order valence-electron chi connectivity index (χ4n) is 3.51. The highest BCUT2D eigenvalue weighted by molar-refractivity contribution is 5.95. The second kappa shape index (κ2) is 10.1. The number of ether oxygens (including phenoxy) is 2. The molecule has 3 rings (SSSR count). The standard InChI is InChI=1S/C22H26N4O6/c1-15-4-5-17(12-20(15)26(29)30)23-21(27)14-24-6-8-25(9-7-24)22(28)16-10-18(31-2)13-19(11-16)32-3/h4-5,10-13H,6-9,14H2,1-3H3,(H,23,27). The molecule has 1 aliphatic heterocycles. The van der Waals surface area contributed by atoms with Gasteiger partial charge in [-0.2, -0.15) is 0 Å². The van der Waals surface area contributed by atoms with Crippen molar-refractivity contribution < 1.29 is 24.0 Å². The number of nitro groups is 1. The number of methoxy groups -OCH3 is 2. The van der Waals surface area contributed by atoms with Gasteiger partial charge < -0.3 is 19.7 Å². The van der Waals surface area contributed by atoms with Gasteiger partial charge >= 0.3 is 0 Å². The third-order valence-corrected chi connectivity index (χ3v) is 5.31. The van der Waals surface area contributed by atoms with Crippen LogP contribution in [0.4, 0.5) is 11.4 Å². The van der Waals surface area contributed by atoms with Crippen molar-refractivity contribution in [3.05, 3.63) is 57.6 Å². The molecule has 2 aromatic rings. The SMILES string of the molecule is COc1cc(OC)cc(C(=O)N2CCN(CC(=O)Nc3ccc(C)c([N+](=O)[O-])c3)CC2)c1. The van der Waals surface area contributed by atoms with Gasteiger partial charge in [-0.15, -0.1) is 0 Å². The summed E-state index contributed by atoms with van der Waals surface area (Å²) in [7, 11) is 3.06. The molecule has 0 aromatic heterocycles. The predicted molar refractivity (Wildman–Crippen MR) is 118 cm³/mol. The number of nitro benzene ring substituents is 1. The van der Waals surface area contributed by atoms with Crippen LogP contribution in [0.2, 0.25) is 0 Å². The number of piperazine rings is 1. The molecular formula is C22H26N4O6. The number of anilines is 1. The Labute approximate surface area is 185 Å². The van der Waals surface area contributed by atoms with E-state index in [-0.39, 0.29) is 24.0 Å². The summed E-state index contributed by atoms with van der Waals surface area (Å²) in [6.45, 7) is 3.80. The van der Waals surface area contributed by atoms with E-state index in [1.807, 2.05) is 4.90 Å². The Morgan fingerprint density at radius 3 is 2.22 bits per heavy atom. The van der Waals surface area contributed by atoms with E-state index in [0.717, 1.165) is 0 Å². The number of nitrogens with zero attached hydrogens (tertiary/aromatic N) is 3. The number of hydrogen-bond donors (Lipinski definition) is 1. The normalized spacial score (nSPS) is 14.0. The van der Waals surface area contributed by atoms with E-state index in [1.54, 1.807) is 42.2 Å². The molecule has 10 nitrogen and oxygen atoms in total. The Morgan fingerprint density at radius 2 is 1.66 bits per heavy atom. The van der Waals surface area contributed by atoms with Crippen LogP contribution in [-0.2, 0) is 4.79 Å². The number of rotatable bonds is 7. The van der Waals surface area contributed by atoms with Gasteiger partial charge in [-0.25, -0.2) is 0 Å². The van der Waals surface area contributed by atoms with Crippen LogP contribution >= 0.6 is 0 Å². The van der Waals surface area contributed by atoms with Crippen LogP contribution in [0.5, 0.6) is 11.5 Å². The summed E-state index contributed by atoms with van der Waals surface area (Å²) in [4.78, 5) is 39.5. The van der Waals surface area contributed by atoms with Crippen LogP contribution in [0.1, 0.15) is 15.9 Å². The number of carbonyl (C=O) groups excluding carboxylic acids is 2. The molecule has 1 aliphatic rings. The first kappa shape index (κ1) is 23.0. The molecule has 2 aromatic carbocycles. The van der Waals surface area contributed by atoms with Gasteiger partial charge in [-0.05, 0) is 25.1 Å². The van der Waals surface area contributed by atoms with Crippen LogP contribution in [-0.4, -0.2) is 73.5 Å². The van der Waals surface area contributed by atoms with E-state index < -0.39 is 4.92 Å². The molecule has 0 radical (unpaired) electrons. The first-order valence-electron chi connectivity index (χ1n) is 10.1. The van der Waals surface area contributed by atoms with E-state index in [2.05, 4.69) is 5.32 Å². The summed E-state index contributed by atoms with van der Waals surface area (Å²) < 4.78 is 10.5. The Hall–Kier alpha value is -3.66. The number of carbonyl (C=O) groups is 2. The van der Waals surface area contributed by atoms with Crippen molar-refractivity contribution in [1.29, 1.82) is 0 Å². The van der Waals surface area contributed by atoms with Crippen LogP contribution in [0.15, 0.2) is 36.4 Å². The van der Waals surface area contributed by atoms with Gasteiger partial charge in [0.15, 0.2) is 0 Å². The third kappa shape index (κ3) is 5.52. The maximum atomic E-state index is 12.9. The predicted octanol–water partition coefficient (Wildman–Crippen LogP) is 2.32. The number of benzene rings is 2. The second-order valence-electron chi connectivity index (χ2n) is 7.48. The van der Waals surface area contributed by atoms with Gasteiger partial charge in [-0.3, -0.25) is 24.6 Å². The highest BCUT2D eigenvalue weighted by atomic mass is 16.6. The molecule has 0 bridgehead atoms. The summed E-state index contributed by atoms with van der Waals surface area (Å²) in [6.07, 6.45) is 0. The molecular weight excluding hydrogens is 416 g/mol. The molecule has 32 heavy (non-hydrogen) atoms. The number of hydrogen-bond acceptors (Lipinski definition) is 7. The molecule has 0 spiro atoms. The van der Waals surface area contributed by atoms with Gasteiger partial charge in [0.25, 0.3) is 11.6 Å². The maximum absolute atomic E-state index is 12.9. The minimum absolute atomic E-state index is 0.0379. The molecule has 0 atom stereocenters. The average Bonchev–Trinajstić information content (AvgIpc) is 2.79. The Balaban J connectivity index is 1.55. The van der Waals surface area contributed by atoms with Gasteiger partial charge in [-0.1, -0.05) is 6.07 Å². The Kier molecular flexibility index (Phi) is 7.26. The van der Waals surface area contributed by atoms with E-state index in [0.29, 0.717) is 54.5 Å².